The van der Waals surface area contributed by atoms with Crippen LogP contribution in [-0.2, 0) is 6.42 Å². The molecule has 0 bridgehead atoms. The van der Waals surface area contributed by atoms with Crippen molar-refractivity contribution < 1.29 is 0 Å². The molecule has 0 saturated carbocycles. The Labute approximate surface area is 98.5 Å². The maximum absolute atomic E-state index is 5.85. The van der Waals surface area contributed by atoms with Gasteiger partial charge in [0.15, 0.2) is 0 Å². The van der Waals surface area contributed by atoms with Gasteiger partial charge < -0.3 is 11.1 Å². The van der Waals surface area contributed by atoms with Crippen LogP contribution in [0.5, 0.6) is 0 Å². The van der Waals surface area contributed by atoms with Crippen LogP contribution in [0.4, 0.5) is 5.82 Å². The van der Waals surface area contributed by atoms with E-state index in [0.717, 1.165) is 18.5 Å². The molecule has 1 atom stereocenters. The molecule has 1 aromatic rings. The number of nitrogen functional groups attached to an aromatic ring is 1. The number of rotatable bonds is 7. The Balaban J connectivity index is 2.56. The summed E-state index contributed by atoms with van der Waals surface area (Å²) >= 11 is 0. The molecule has 0 aromatic carbocycles. The van der Waals surface area contributed by atoms with Crippen LogP contribution < -0.4 is 11.1 Å². The van der Waals surface area contributed by atoms with Crippen molar-refractivity contribution in [2.75, 3.05) is 12.3 Å². The fraction of sp³-hybridized carbons (Fsp3) is 0.615. The molecule has 1 unspecified atom stereocenters. The number of hydrogen-bond donors (Lipinski definition) is 2. The molecule has 0 aliphatic rings. The molecule has 0 saturated heterocycles. The predicted octanol–water partition coefficient (Wildman–Crippen LogP) is 2.37. The van der Waals surface area contributed by atoms with Crippen molar-refractivity contribution in [2.24, 2.45) is 0 Å². The highest BCUT2D eigenvalue weighted by Gasteiger charge is 2.09. The summed E-state index contributed by atoms with van der Waals surface area (Å²) in [7, 11) is 0. The van der Waals surface area contributed by atoms with Gasteiger partial charge in [-0.3, -0.25) is 0 Å². The number of nitrogens with two attached hydrogens (primary N) is 1. The Bertz CT molecular complexity index is 299. The van der Waals surface area contributed by atoms with Crippen LogP contribution in [0.25, 0.3) is 0 Å². The van der Waals surface area contributed by atoms with Crippen molar-refractivity contribution in [3.63, 3.8) is 0 Å². The van der Waals surface area contributed by atoms with Gasteiger partial charge in [-0.05, 0) is 37.4 Å². The largest absolute Gasteiger partial charge is 0.383 e. The average molecular weight is 221 g/mol. The zero-order valence-electron chi connectivity index (χ0n) is 10.4. The van der Waals surface area contributed by atoms with Gasteiger partial charge in [0, 0.05) is 12.2 Å². The molecule has 0 amide bonds. The van der Waals surface area contributed by atoms with Crippen molar-refractivity contribution in [3.8, 4) is 0 Å². The van der Waals surface area contributed by atoms with Gasteiger partial charge in [0.2, 0.25) is 0 Å². The number of anilines is 1. The van der Waals surface area contributed by atoms with E-state index in [2.05, 4.69) is 30.2 Å². The fourth-order valence-electron chi connectivity index (χ4n) is 1.86. The Morgan fingerprint density at radius 2 is 2.19 bits per heavy atom. The molecule has 3 N–H and O–H groups in total. The standard InChI is InChI=1S/C13H23N3/c1-3-6-12(15-8-4-2)10-11-7-5-9-16-13(11)14/h5,7,9,12,15H,3-4,6,8,10H2,1-2H3,(H2,14,16). The number of hydrogen-bond acceptors (Lipinski definition) is 3. The summed E-state index contributed by atoms with van der Waals surface area (Å²) in [6, 6.07) is 4.55. The number of nitrogens with zero attached hydrogens (tertiary/aromatic N) is 1. The number of nitrogens with one attached hydrogen (secondary N) is 1. The van der Waals surface area contributed by atoms with Crippen LogP contribution in [0, 0.1) is 0 Å². The molecule has 0 radical (unpaired) electrons. The van der Waals surface area contributed by atoms with Crippen molar-refractivity contribution in [2.45, 2.75) is 45.6 Å². The molecule has 16 heavy (non-hydrogen) atoms. The first-order valence-corrected chi connectivity index (χ1v) is 6.20. The first-order chi connectivity index (χ1) is 7.77. The van der Waals surface area contributed by atoms with Gasteiger partial charge in [0.05, 0.1) is 0 Å². The van der Waals surface area contributed by atoms with Gasteiger partial charge in [-0.2, -0.15) is 0 Å². The van der Waals surface area contributed by atoms with E-state index in [-0.39, 0.29) is 0 Å². The van der Waals surface area contributed by atoms with Crippen LogP contribution >= 0.6 is 0 Å². The van der Waals surface area contributed by atoms with Gasteiger partial charge in [-0.1, -0.05) is 26.3 Å². The van der Waals surface area contributed by atoms with E-state index in [1.807, 2.05) is 6.07 Å². The van der Waals surface area contributed by atoms with Gasteiger partial charge in [0.1, 0.15) is 5.82 Å². The Morgan fingerprint density at radius 1 is 1.38 bits per heavy atom. The molecule has 3 nitrogen and oxygen atoms in total. The van der Waals surface area contributed by atoms with Crippen LogP contribution in [0.1, 0.15) is 38.7 Å². The molecule has 0 aliphatic heterocycles. The van der Waals surface area contributed by atoms with E-state index in [9.17, 15) is 0 Å². The highest BCUT2D eigenvalue weighted by Crippen LogP contribution is 2.12. The van der Waals surface area contributed by atoms with Gasteiger partial charge in [0.25, 0.3) is 0 Å². The third-order valence-electron chi connectivity index (χ3n) is 2.71. The van der Waals surface area contributed by atoms with E-state index >= 15 is 0 Å². The first kappa shape index (κ1) is 13.0. The Kier molecular flexibility index (Phi) is 5.86. The Hall–Kier alpha value is -1.09. The van der Waals surface area contributed by atoms with Gasteiger partial charge >= 0.3 is 0 Å². The average Bonchev–Trinajstić information content (AvgIpc) is 2.29. The summed E-state index contributed by atoms with van der Waals surface area (Å²) in [4.78, 5) is 4.12. The highest BCUT2D eigenvalue weighted by molar-refractivity contribution is 5.38. The molecular formula is C13H23N3. The van der Waals surface area contributed by atoms with Crippen molar-refractivity contribution in [1.82, 2.24) is 10.3 Å². The fourth-order valence-corrected chi connectivity index (χ4v) is 1.86. The van der Waals surface area contributed by atoms with Gasteiger partial charge in [-0.15, -0.1) is 0 Å². The van der Waals surface area contributed by atoms with E-state index in [1.165, 1.54) is 19.3 Å². The van der Waals surface area contributed by atoms with Crippen LogP contribution in [0.15, 0.2) is 18.3 Å². The summed E-state index contributed by atoms with van der Waals surface area (Å²) in [6.07, 6.45) is 6.28. The van der Waals surface area contributed by atoms with Crippen LogP contribution in [0.2, 0.25) is 0 Å². The lowest BCUT2D eigenvalue weighted by atomic mass is 10.0. The second kappa shape index (κ2) is 7.23. The second-order valence-corrected chi connectivity index (χ2v) is 4.19. The SMILES string of the molecule is CCCNC(CCC)Cc1cccnc1N. The van der Waals surface area contributed by atoms with E-state index in [4.69, 9.17) is 5.73 Å². The molecular weight excluding hydrogens is 198 g/mol. The molecule has 1 aromatic heterocycles. The minimum absolute atomic E-state index is 0.524. The lowest BCUT2D eigenvalue weighted by molar-refractivity contribution is 0.473. The molecule has 3 heteroatoms. The van der Waals surface area contributed by atoms with E-state index in [1.54, 1.807) is 6.20 Å². The second-order valence-electron chi connectivity index (χ2n) is 4.19. The summed E-state index contributed by atoms with van der Waals surface area (Å²) < 4.78 is 0. The molecule has 1 rings (SSSR count). The molecule has 0 spiro atoms. The summed E-state index contributed by atoms with van der Waals surface area (Å²) in [5, 5.41) is 3.56. The summed E-state index contributed by atoms with van der Waals surface area (Å²) in [5.41, 5.74) is 7.01. The first-order valence-electron chi connectivity index (χ1n) is 6.20. The topological polar surface area (TPSA) is 50.9 Å². The van der Waals surface area contributed by atoms with E-state index < -0.39 is 0 Å². The quantitative estimate of drug-likeness (QED) is 0.743. The predicted molar refractivity (Wildman–Crippen MR) is 69.3 cm³/mol. The molecule has 0 aliphatic carbocycles. The third-order valence-corrected chi connectivity index (χ3v) is 2.71. The van der Waals surface area contributed by atoms with Crippen molar-refractivity contribution >= 4 is 5.82 Å². The highest BCUT2D eigenvalue weighted by atomic mass is 14.9. The van der Waals surface area contributed by atoms with E-state index in [0.29, 0.717) is 11.9 Å². The summed E-state index contributed by atoms with van der Waals surface area (Å²) in [5.74, 6) is 0.668. The maximum Gasteiger partial charge on any atom is 0.126 e. The van der Waals surface area contributed by atoms with Crippen molar-refractivity contribution in [3.05, 3.63) is 23.9 Å². The number of pyridine rings is 1. The van der Waals surface area contributed by atoms with Gasteiger partial charge in [-0.25, -0.2) is 4.98 Å². The molecule has 1 heterocycles. The summed E-state index contributed by atoms with van der Waals surface area (Å²) in [6.45, 7) is 5.48. The smallest absolute Gasteiger partial charge is 0.126 e. The molecule has 90 valence electrons. The van der Waals surface area contributed by atoms with Crippen LogP contribution in [0.3, 0.4) is 0 Å². The normalized spacial score (nSPS) is 12.6. The Morgan fingerprint density at radius 3 is 2.81 bits per heavy atom. The number of aromatic nitrogens is 1. The third kappa shape index (κ3) is 4.19. The maximum atomic E-state index is 5.85. The minimum atomic E-state index is 0.524. The lowest BCUT2D eigenvalue weighted by Crippen LogP contribution is -2.31. The molecule has 0 fully saturated rings. The zero-order valence-corrected chi connectivity index (χ0v) is 10.4. The zero-order chi connectivity index (χ0) is 11.8. The van der Waals surface area contributed by atoms with Crippen molar-refractivity contribution in [1.29, 1.82) is 0 Å². The monoisotopic (exact) mass is 221 g/mol. The lowest BCUT2D eigenvalue weighted by Gasteiger charge is -2.18. The van der Waals surface area contributed by atoms with Crippen LogP contribution in [-0.4, -0.2) is 17.6 Å². The minimum Gasteiger partial charge on any atom is -0.383 e.